The molecule has 1 aromatic rings. The first-order chi connectivity index (χ1) is 9.15. The summed E-state index contributed by atoms with van der Waals surface area (Å²) in [6, 6.07) is 6.46. The minimum atomic E-state index is 0.124. The van der Waals surface area contributed by atoms with Crippen LogP contribution in [-0.4, -0.2) is 30.0 Å². The maximum atomic E-state index is 11.9. The van der Waals surface area contributed by atoms with Crippen molar-refractivity contribution in [3.05, 3.63) is 33.8 Å². The molecular weight excluding hydrogens is 324 g/mol. The van der Waals surface area contributed by atoms with Gasteiger partial charge in [-0.25, -0.2) is 0 Å². The Bertz CT molecular complexity index is 447. The van der Waals surface area contributed by atoms with E-state index in [1.165, 1.54) is 5.56 Å². The van der Waals surface area contributed by atoms with E-state index in [1.807, 2.05) is 17.8 Å². The molecule has 1 aromatic carbocycles. The van der Waals surface area contributed by atoms with Crippen LogP contribution in [0.5, 0.6) is 0 Å². The molecule has 1 heterocycles. The van der Waals surface area contributed by atoms with Crippen LogP contribution < -0.4 is 10.6 Å². The zero-order valence-corrected chi connectivity index (χ0v) is 13.4. The van der Waals surface area contributed by atoms with Gasteiger partial charge in [0.1, 0.15) is 0 Å². The lowest BCUT2D eigenvalue weighted by atomic mass is 10.1. The molecule has 19 heavy (non-hydrogen) atoms. The Hall–Kier alpha value is -0.520. The zero-order valence-electron chi connectivity index (χ0n) is 11.0. The van der Waals surface area contributed by atoms with E-state index in [-0.39, 0.29) is 5.91 Å². The zero-order chi connectivity index (χ0) is 13.7. The number of thioether (sulfide) groups is 1. The van der Waals surface area contributed by atoms with Crippen LogP contribution in [0.3, 0.4) is 0 Å². The number of aryl methyl sites for hydroxylation is 1. The summed E-state index contributed by atoms with van der Waals surface area (Å²) in [5, 5.41) is 6.38. The van der Waals surface area contributed by atoms with E-state index in [0.29, 0.717) is 19.0 Å². The van der Waals surface area contributed by atoms with Crippen molar-refractivity contribution in [1.29, 1.82) is 0 Å². The Morgan fingerprint density at radius 1 is 1.58 bits per heavy atom. The average molecular weight is 343 g/mol. The second-order valence-corrected chi connectivity index (χ2v) is 6.84. The van der Waals surface area contributed by atoms with Crippen LogP contribution in [0.25, 0.3) is 0 Å². The maximum Gasteiger partial charge on any atom is 0.221 e. The largest absolute Gasteiger partial charge is 0.352 e. The van der Waals surface area contributed by atoms with E-state index in [2.05, 4.69) is 45.6 Å². The van der Waals surface area contributed by atoms with Gasteiger partial charge in [-0.3, -0.25) is 4.79 Å². The van der Waals surface area contributed by atoms with E-state index in [0.717, 1.165) is 28.1 Å². The predicted octanol–water partition coefficient (Wildman–Crippen LogP) is 2.47. The van der Waals surface area contributed by atoms with Gasteiger partial charge in [0.15, 0.2) is 0 Å². The fourth-order valence-electron chi connectivity index (χ4n) is 2.07. The standard InChI is InChI=1S/C14H19BrN2OS/c1-10-2-3-12(15)6-11(10)8-17-14(18)7-13-9-19-5-4-16-13/h2-3,6,13,16H,4-5,7-9H2,1H3,(H,17,18). The summed E-state index contributed by atoms with van der Waals surface area (Å²) in [5.41, 5.74) is 2.36. The number of hydrogen-bond donors (Lipinski definition) is 2. The van der Waals surface area contributed by atoms with Gasteiger partial charge in [-0.1, -0.05) is 22.0 Å². The second-order valence-electron chi connectivity index (χ2n) is 4.78. The van der Waals surface area contributed by atoms with Crippen molar-refractivity contribution >= 4 is 33.6 Å². The van der Waals surface area contributed by atoms with Gasteiger partial charge in [-0.2, -0.15) is 11.8 Å². The van der Waals surface area contributed by atoms with Crippen molar-refractivity contribution < 1.29 is 4.79 Å². The monoisotopic (exact) mass is 342 g/mol. The molecule has 0 aliphatic carbocycles. The maximum absolute atomic E-state index is 11.9. The lowest BCUT2D eigenvalue weighted by Crippen LogP contribution is -2.41. The molecular formula is C14H19BrN2OS. The van der Waals surface area contributed by atoms with E-state index in [4.69, 9.17) is 0 Å². The highest BCUT2D eigenvalue weighted by Crippen LogP contribution is 2.16. The Labute approximate surface area is 127 Å². The SMILES string of the molecule is Cc1ccc(Br)cc1CNC(=O)CC1CSCCN1. The van der Waals surface area contributed by atoms with Gasteiger partial charge in [0.05, 0.1) is 0 Å². The van der Waals surface area contributed by atoms with Crippen LogP contribution in [0.4, 0.5) is 0 Å². The number of carbonyl (C=O) groups is 1. The van der Waals surface area contributed by atoms with E-state index in [9.17, 15) is 4.79 Å². The Morgan fingerprint density at radius 3 is 3.16 bits per heavy atom. The molecule has 1 saturated heterocycles. The molecule has 1 atom stereocenters. The van der Waals surface area contributed by atoms with Crippen LogP contribution in [0, 0.1) is 6.92 Å². The number of halogens is 1. The smallest absolute Gasteiger partial charge is 0.221 e. The summed E-state index contributed by atoms with van der Waals surface area (Å²) in [6.07, 6.45) is 0.569. The Kier molecular flexibility index (Phi) is 5.73. The molecule has 2 N–H and O–H groups in total. The second kappa shape index (κ2) is 7.31. The molecule has 3 nitrogen and oxygen atoms in total. The molecule has 1 amide bonds. The summed E-state index contributed by atoms with van der Waals surface area (Å²) >= 11 is 5.37. The molecule has 1 fully saturated rings. The first-order valence-corrected chi connectivity index (χ1v) is 8.43. The number of rotatable bonds is 4. The topological polar surface area (TPSA) is 41.1 Å². The van der Waals surface area contributed by atoms with Crippen LogP contribution in [0.15, 0.2) is 22.7 Å². The number of hydrogen-bond acceptors (Lipinski definition) is 3. The van der Waals surface area contributed by atoms with Gasteiger partial charge in [0, 0.05) is 41.5 Å². The summed E-state index contributed by atoms with van der Waals surface area (Å²) in [5.74, 6) is 2.30. The number of nitrogens with one attached hydrogen (secondary N) is 2. The fraction of sp³-hybridized carbons (Fsp3) is 0.500. The third kappa shape index (κ3) is 4.82. The van der Waals surface area contributed by atoms with Crippen molar-refractivity contribution in [3.8, 4) is 0 Å². The Morgan fingerprint density at radius 2 is 2.42 bits per heavy atom. The fourth-order valence-corrected chi connectivity index (χ4v) is 3.43. The molecule has 5 heteroatoms. The van der Waals surface area contributed by atoms with Crippen molar-refractivity contribution in [1.82, 2.24) is 10.6 Å². The van der Waals surface area contributed by atoms with Crippen LogP contribution >= 0.6 is 27.7 Å². The molecule has 0 saturated carbocycles. The third-order valence-electron chi connectivity index (χ3n) is 3.22. The summed E-state index contributed by atoms with van der Waals surface area (Å²) in [6.45, 7) is 3.67. The molecule has 2 rings (SSSR count). The lowest BCUT2D eigenvalue weighted by molar-refractivity contribution is -0.121. The summed E-state index contributed by atoms with van der Waals surface area (Å²) in [4.78, 5) is 11.9. The van der Waals surface area contributed by atoms with Crippen molar-refractivity contribution in [2.75, 3.05) is 18.1 Å². The summed E-state index contributed by atoms with van der Waals surface area (Å²) < 4.78 is 1.05. The van der Waals surface area contributed by atoms with Gasteiger partial charge in [-0.05, 0) is 30.2 Å². The number of amides is 1. The van der Waals surface area contributed by atoms with Crippen molar-refractivity contribution in [2.45, 2.75) is 25.9 Å². The molecule has 0 bridgehead atoms. The molecule has 104 valence electrons. The first-order valence-electron chi connectivity index (χ1n) is 6.48. The molecule has 0 radical (unpaired) electrons. The van der Waals surface area contributed by atoms with E-state index in [1.54, 1.807) is 0 Å². The molecule has 0 spiro atoms. The Balaban J connectivity index is 1.81. The van der Waals surface area contributed by atoms with E-state index >= 15 is 0 Å². The quantitative estimate of drug-likeness (QED) is 0.883. The number of benzene rings is 1. The molecule has 1 aliphatic heterocycles. The molecule has 0 aromatic heterocycles. The molecule has 1 unspecified atom stereocenters. The van der Waals surface area contributed by atoms with Crippen LogP contribution in [-0.2, 0) is 11.3 Å². The normalized spacial score (nSPS) is 19.2. The van der Waals surface area contributed by atoms with Crippen LogP contribution in [0.2, 0.25) is 0 Å². The number of carbonyl (C=O) groups excluding carboxylic acids is 1. The van der Waals surface area contributed by atoms with Crippen LogP contribution in [0.1, 0.15) is 17.5 Å². The lowest BCUT2D eigenvalue weighted by Gasteiger charge is -2.22. The first kappa shape index (κ1) is 14.9. The van der Waals surface area contributed by atoms with E-state index < -0.39 is 0 Å². The minimum absolute atomic E-state index is 0.124. The highest BCUT2D eigenvalue weighted by atomic mass is 79.9. The van der Waals surface area contributed by atoms with Gasteiger partial charge >= 0.3 is 0 Å². The van der Waals surface area contributed by atoms with Gasteiger partial charge in [-0.15, -0.1) is 0 Å². The minimum Gasteiger partial charge on any atom is -0.352 e. The average Bonchev–Trinajstić information content (AvgIpc) is 2.41. The molecule has 1 aliphatic rings. The van der Waals surface area contributed by atoms with Gasteiger partial charge in [0.25, 0.3) is 0 Å². The predicted molar refractivity (Wildman–Crippen MR) is 84.5 cm³/mol. The van der Waals surface area contributed by atoms with Crippen molar-refractivity contribution in [2.24, 2.45) is 0 Å². The third-order valence-corrected chi connectivity index (χ3v) is 4.84. The summed E-state index contributed by atoms with van der Waals surface area (Å²) in [7, 11) is 0. The van der Waals surface area contributed by atoms with Gasteiger partial charge < -0.3 is 10.6 Å². The highest BCUT2D eigenvalue weighted by Gasteiger charge is 2.16. The van der Waals surface area contributed by atoms with Gasteiger partial charge in [0.2, 0.25) is 5.91 Å². The van der Waals surface area contributed by atoms with Crippen molar-refractivity contribution in [3.63, 3.8) is 0 Å². The highest BCUT2D eigenvalue weighted by molar-refractivity contribution is 9.10.